The van der Waals surface area contributed by atoms with Crippen LogP contribution >= 0.6 is 11.6 Å². The number of benzene rings is 2. The lowest BCUT2D eigenvalue weighted by Crippen LogP contribution is -2.50. The van der Waals surface area contributed by atoms with Crippen molar-refractivity contribution in [3.8, 4) is 22.6 Å². The Hall–Kier alpha value is -1.71. The Labute approximate surface area is 123 Å². The van der Waals surface area contributed by atoms with Gasteiger partial charge >= 0.3 is 0 Å². The maximum Gasteiger partial charge on any atom is 0.162 e. The highest BCUT2D eigenvalue weighted by atomic mass is 35.5. The van der Waals surface area contributed by atoms with E-state index >= 15 is 0 Å². The van der Waals surface area contributed by atoms with Gasteiger partial charge in [0, 0.05) is 23.7 Å². The van der Waals surface area contributed by atoms with Crippen molar-refractivity contribution in [2.45, 2.75) is 6.10 Å². The average Bonchev–Trinajstić information content (AvgIpc) is 2.43. The van der Waals surface area contributed by atoms with E-state index < -0.39 is 0 Å². The Morgan fingerprint density at radius 2 is 1.90 bits per heavy atom. The monoisotopic (exact) mass is 289 g/mol. The van der Waals surface area contributed by atoms with Crippen molar-refractivity contribution < 1.29 is 9.47 Å². The van der Waals surface area contributed by atoms with E-state index in [-0.39, 0.29) is 6.10 Å². The third kappa shape index (κ3) is 2.60. The summed E-state index contributed by atoms with van der Waals surface area (Å²) in [6.45, 7) is 1.75. The smallest absolute Gasteiger partial charge is 0.162 e. The van der Waals surface area contributed by atoms with Gasteiger partial charge in [-0.05, 0) is 23.8 Å². The van der Waals surface area contributed by atoms with Crippen LogP contribution in [-0.2, 0) is 0 Å². The molecule has 2 aromatic rings. The highest BCUT2D eigenvalue weighted by Gasteiger charge is 2.20. The molecule has 4 heteroatoms. The summed E-state index contributed by atoms with van der Waals surface area (Å²) in [6, 6.07) is 13.7. The maximum atomic E-state index is 6.25. The van der Waals surface area contributed by atoms with Gasteiger partial charge in [-0.15, -0.1) is 0 Å². The molecule has 3 nitrogen and oxygen atoms in total. The third-order valence-corrected chi connectivity index (χ3v) is 3.72. The first-order valence-electron chi connectivity index (χ1n) is 6.58. The van der Waals surface area contributed by atoms with Crippen LogP contribution in [0.15, 0.2) is 42.5 Å². The summed E-state index contributed by atoms with van der Waals surface area (Å²) in [5, 5.41) is 3.92. The minimum atomic E-state index is 0.213. The fourth-order valence-electron chi connectivity index (χ4n) is 2.16. The van der Waals surface area contributed by atoms with Crippen LogP contribution in [-0.4, -0.2) is 26.3 Å². The lowest BCUT2D eigenvalue weighted by atomic mass is 10.0. The number of hydrogen-bond acceptors (Lipinski definition) is 3. The quantitative estimate of drug-likeness (QED) is 0.936. The molecule has 1 saturated heterocycles. The second-order valence-electron chi connectivity index (χ2n) is 4.74. The highest BCUT2D eigenvalue weighted by molar-refractivity contribution is 6.33. The van der Waals surface area contributed by atoms with E-state index in [1.807, 2.05) is 42.5 Å². The largest absolute Gasteiger partial charge is 0.493 e. The fourth-order valence-corrected chi connectivity index (χ4v) is 2.40. The molecule has 0 atom stereocenters. The second-order valence-corrected chi connectivity index (χ2v) is 5.15. The van der Waals surface area contributed by atoms with E-state index in [1.165, 1.54) is 0 Å². The number of methoxy groups -OCH3 is 1. The zero-order chi connectivity index (χ0) is 13.9. The number of halogens is 1. The normalized spacial score (nSPS) is 14.7. The molecule has 1 aliphatic heterocycles. The SMILES string of the molecule is COc1ccc(-c2ccccc2Cl)cc1OC1CNC1. The van der Waals surface area contributed by atoms with Crippen molar-refractivity contribution in [3.63, 3.8) is 0 Å². The maximum absolute atomic E-state index is 6.25. The summed E-state index contributed by atoms with van der Waals surface area (Å²) >= 11 is 6.25. The van der Waals surface area contributed by atoms with Crippen molar-refractivity contribution >= 4 is 11.6 Å². The molecule has 1 aliphatic rings. The molecule has 1 N–H and O–H groups in total. The summed E-state index contributed by atoms with van der Waals surface area (Å²) in [7, 11) is 1.65. The molecule has 0 unspecified atom stereocenters. The molecule has 0 saturated carbocycles. The van der Waals surface area contributed by atoms with E-state index in [0.717, 1.165) is 40.7 Å². The van der Waals surface area contributed by atoms with Gasteiger partial charge in [-0.3, -0.25) is 0 Å². The van der Waals surface area contributed by atoms with Crippen molar-refractivity contribution in [3.05, 3.63) is 47.5 Å². The summed E-state index contributed by atoms with van der Waals surface area (Å²) in [6.07, 6.45) is 0.213. The molecule has 0 amide bonds. The summed E-state index contributed by atoms with van der Waals surface area (Å²) in [5.74, 6) is 1.50. The molecular formula is C16H16ClNO2. The first-order valence-corrected chi connectivity index (χ1v) is 6.96. The first kappa shape index (κ1) is 13.3. The van der Waals surface area contributed by atoms with Gasteiger partial charge in [0.25, 0.3) is 0 Å². The Morgan fingerprint density at radius 3 is 2.55 bits per heavy atom. The number of rotatable bonds is 4. The fraction of sp³-hybridized carbons (Fsp3) is 0.250. The van der Waals surface area contributed by atoms with E-state index in [4.69, 9.17) is 21.1 Å². The van der Waals surface area contributed by atoms with Crippen LogP contribution in [0.2, 0.25) is 5.02 Å². The number of ether oxygens (including phenoxy) is 2. The lowest BCUT2D eigenvalue weighted by molar-refractivity contribution is 0.137. The Morgan fingerprint density at radius 1 is 1.10 bits per heavy atom. The molecule has 0 aromatic heterocycles. The van der Waals surface area contributed by atoms with Gasteiger partial charge in [-0.1, -0.05) is 35.9 Å². The molecule has 0 bridgehead atoms. The minimum Gasteiger partial charge on any atom is -0.493 e. The summed E-state index contributed by atoms with van der Waals surface area (Å²) in [5.41, 5.74) is 2.02. The van der Waals surface area contributed by atoms with Crippen LogP contribution in [0, 0.1) is 0 Å². The van der Waals surface area contributed by atoms with Crippen molar-refractivity contribution in [2.75, 3.05) is 20.2 Å². The van der Waals surface area contributed by atoms with Gasteiger partial charge < -0.3 is 14.8 Å². The van der Waals surface area contributed by atoms with Crippen LogP contribution in [0.4, 0.5) is 0 Å². The molecule has 1 heterocycles. The Kier molecular flexibility index (Phi) is 3.81. The molecule has 20 heavy (non-hydrogen) atoms. The Balaban J connectivity index is 1.96. The molecule has 0 spiro atoms. The molecule has 3 rings (SSSR count). The van der Waals surface area contributed by atoms with Gasteiger partial charge in [-0.25, -0.2) is 0 Å². The summed E-state index contributed by atoms with van der Waals surface area (Å²) in [4.78, 5) is 0. The van der Waals surface area contributed by atoms with E-state index in [2.05, 4.69) is 5.32 Å². The molecule has 0 aliphatic carbocycles. The highest BCUT2D eigenvalue weighted by Crippen LogP contribution is 2.35. The number of hydrogen-bond donors (Lipinski definition) is 1. The number of nitrogens with one attached hydrogen (secondary N) is 1. The molecule has 2 aromatic carbocycles. The van der Waals surface area contributed by atoms with Crippen LogP contribution in [0.5, 0.6) is 11.5 Å². The van der Waals surface area contributed by atoms with Crippen molar-refractivity contribution in [1.82, 2.24) is 5.32 Å². The first-order chi connectivity index (χ1) is 9.78. The van der Waals surface area contributed by atoms with Gasteiger partial charge in [-0.2, -0.15) is 0 Å². The van der Waals surface area contributed by atoms with E-state index in [0.29, 0.717) is 0 Å². The zero-order valence-electron chi connectivity index (χ0n) is 11.2. The van der Waals surface area contributed by atoms with Crippen molar-refractivity contribution in [1.29, 1.82) is 0 Å². The molecule has 104 valence electrons. The standard InChI is InChI=1S/C16H16ClNO2/c1-19-15-7-6-11(13-4-2-3-5-14(13)17)8-16(15)20-12-9-18-10-12/h2-8,12,18H,9-10H2,1H3. The van der Waals surface area contributed by atoms with E-state index in [1.54, 1.807) is 7.11 Å². The van der Waals surface area contributed by atoms with Crippen molar-refractivity contribution in [2.24, 2.45) is 0 Å². The molecule has 0 radical (unpaired) electrons. The predicted molar refractivity (Wildman–Crippen MR) is 80.7 cm³/mol. The van der Waals surface area contributed by atoms with Crippen LogP contribution in [0.25, 0.3) is 11.1 Å². The van der Waals surface area contributed by atoms with Gasteiger partial charge in [0.05, 0.1) is 7.11 Å². The lowest BCUT2D eigenvalue weighted by Gasteiger charge is -2.28. The topological polar surface area (TPSA) is 30.5 Å². The second kappa shape index (κ2) is 5.73. The van der Waals surface area contributed by atoms with Gasteiger partial charge in [0.2, 0.25) is 0 Å². The summed E-state index contributed by atoms with van der Waals surface area (Å²) < 4.78 is 11.3. The third-order valence-electron chi connectivity index (χ3n) is 3.39. The minimum absolute atomic E-state index is 0.213. The average molecular weight is 290 g/mol. The predicted octanol–water partition coefficient (Wildman–Crippen LogP) is 3.37. The molecule has 1 fully saturated rings. The van der Waals surface area contributed by atoms with Gasteiger partial charge in [0.15, 0.2) is 11.5 Å². The van der Waals surface area contributed by atoms with Crippen LogP contribution in [0.3, 0.4) is 0 Å². The van der Waals surface area contributed by atoms with Gasteiger partial charge in [0.1, 0.15) is 6.10 Å². The van der Waals surface area contributed by atoms with Crippen LogP contribution < -0.4 is 14.8 Å². The van der Waals surface area contributed by atoms with Crippen LogP contribution in [0.1, 0.15) is 0 Å². The molecular weight excluding hydrogens is 274 g/mol. The zero-order valence-corrected chi connectivity index (χ0v) is 12.0. The van der Waals surface area contributed by atoms with E-state index in [9.17, 15) is 0 Å². The Bertz CT molecular complexity index is 611.